The zero-order chi connectivity index (χ0) is 7.56. The first-order valence-electron chi connectivity index (χ1n) is 2.84. The molecule has 0 heterocycles. The number of hydrogen-bond donors (Lipinski definition) is 0. The van der Waals surface area contributed by atoms with Crippen LogP contribution in [0, 0.1) is 3.57 Å². The Kier molecular flexibility index (Phi) is 2.71. The van der Waals surface area contributed by atoms with Gasteiger partial charge < -0.3 is 0 Å². The van der Waals surface area contributed by atoms with E-state index in [-0.39, 0.29) is 0 Å². The second kappa shape index (κ2) is 3.37. The van der Waals surface area contributed by atoms with Crippen molar-refractivity contribution in [3.63, 3.8) is 0 Å². The number of hydrogen-bond acceptors (Lipinski definition) is 0. The quantitative estimate of drug-likeness (QED) is 0.520. The summed E-state index contributed by atoms with van der Waals surface area (Å²) in [4.78, 5) is 0. The smallest absolute Gasteiger partial charge is 0.116 e. The van der Waals surface area contributed by atoms with Gasteiger partial charge in [-0.05, 0) is 34.2 Å². The topological polar surface area (TPSA) is 0 Å². The number of rotatable bonds is 1. The van der Waals surface area contributed by atoms with Crippen LogP contribution in [0.5, 0.6) is 0 Å². The van der Waals surface area contributed by atoms with E-state index in [0.29, 0.717) is 11.0 Å². The van der Waals surface area contributed by atoms with E-state index >= 15 is 0 Å². The molecule has 0 aliphatic rings. The average Bonchev–Trinajstić information content (AvgIpc) is 1.94. The summed E-state index contributed by atoms with van der Waals surface area (Å²) in [5, 5.41) is 0. The standard InChI is InChI=1S/C7H5BFI/c8-6-1-2-7(10)5(3-6)4-9/h1-3H,4H2. The molecule has 0 aliphatic heterocycles. The molecule has 0 bridgehead atoms. The minimum Gasteiger partial charge on any atom is -0.246 e. The number of alkyl halides is 1. The molecule has 0 fully saturated rings. The van der Waals surface area contributed by atoms with Gasteiger partial charge >= 0.3 is 0 Å². The molecule has 1 aromatic rings. The van der Waals surface area contributed by atoms with Crippen molar-refractivity contribution in [2.24, 2.45) is 0 Å². The summed E-state index contributed by atoms with van der Waals surface area (Å²) >= 11 is 2.08. The molecule has 0 saturated heterocycles. The highest BCUT2D eigenvalue weighted by Gasteiger charge is 1.96. The third-order valence-electron chi connectivity index (χ3n) is 1.21. The highest BCUT2D eigenvalue weighted by atomic mass is 127. The fraction of sp³-hybridized carbons (Fsp3) is 0.143. The van der Waals surface area contributed by atoms with Gasteiger partial charge in [-0.2, -0.15) is 0 Å². The van der Waals surface area contributed by atoms with Gasteiger partial charge in [0.2, 0.25) is 0 Å². The molecule has 0 aliphatic carbocycles. The Bertz CT molecular complexity index is 237. The van der Waals surface area contributed by atoms with Crippen molar-refractivity contribution in [2.45, 2.75) is 6.67 Å². The summed E-state index contributed by atoms with van der Waals surface area (Å²) in [5.41, 5.74) is 1.29. The van der Waals surface area contributed by atoms with Gasteiger partial charge in [-0.3, -0.25) is 0 Å². The predicted molar refractivity (Wildman–Crippen MR) is 49.4 cm³/mol. The molecule has 1 rings (SSSR count). The lowest BCUT2D eigenvalue weighted by atomic mass is 9.95. The minimum absolute atomic E-state index is 0.441. The lowest BCUT2D eigenvalue weighted by Gasteiger charge is -1.99. The zero-order valence-corrected chi connectivity index (χ0v) is 7.43. The van der Waals surface area contributed by atoms with Crippen molar-refractivity contribution in [1.29, 1.82) is 0 Å². The van der Waals surface area contributed by atoms with Gasteiger partial charge in [-0.25, -0.2) is 4.39 Å². The summed E-state index contributed by atoms with van der Waals surface area (Å²) in [6.45, 7) is -0.441. The molecular formula is C7H5BFI. The molecule has 50 valence electrons. The zero-order valence-electron chi connectivity index (χ0n) is 5.27. The van der Waals surface area contributed by atoms with Gasteiger partial charge in [0.05, 0.1) is 0 Å². The van der Waals surface area contributed by atoms with Gasteiger partial charge in [-0.15, -0.1) is 0 Å². The maximum atomic E-state index is 12.1. The van der Waals surface area contributed by atoms with E-state index in [0.717, 1.165) is 3.57 Å². The van der Waals surface area contributed by atoms with E-state index in [1.807, 2.05) is 6.07 Å². The minimum atomic E-state index is -0.441. The summed E-state index contributed by atoms with van der Waals surface area (Å²) in [6.07, 6.45) is 0. The molecule has 0 aromatic heterocycles. The molecule has 0 unspecified atom stereocenters. The molecular weight excluding hydrogens is 241 g/mol. The summed E-state index contributed by atoms with van der Waals surface area (Å²) in [6, 6.07) is 5.23. The van der Waals surface area contributed by atoms with E-state index in [2.05, 4.69) is 22.6 Å². The third kappa shape index (κ3) is 1.72. The van der Waals surface area contributed by atoms with Crippen LogP contribution >= 0.6 is 22.6 Å². The van der Waals surface area contributed by atoms with Gasteiger partial charge in [-0.1, -0.05) is 17.6 Å². The second-order valence-electron chi connectivity index (χ2n) is 1.98. The molecule has 10 heavy (non-hydrogen) atoms. The van der Waals surface area contributed by atoms with Crippen LogP contribution in [-0.2, 0) is 6.67 Å². The van der Waals surface area contributed by atoms with Crippen molar-refractivity contribution in [3.8, 4) is 0 Å². The fourth-order valence-electron chi connectivity index (χ4n) is 0.697. The molecule has 0 N–H and O–H groups in total. The lowest BCUT2D eigenvalue weighted by molar-refractivity contribution is 0.484. The van der Waals surface area contributed by atoms with Crippen LogP contribution in [0.2, 0.25) is 0 Å². The average molecular weight is 246 g/mol. The fourth-order valence-corrected chi connectivity index (χ4v) is 1.18. The Balaban J connectivity index is 3.09. The summed E-state index contributed by atoms with van der Waals surface area (Å²) in [5.74, 6) is 0. The molecule has 2 radical (unpaired) electrons. The van der Waals surface area contributed by atoms with Crippen LogP contribution in [0.1, 0.15) is 5.56 Å². The third-order valence-corrected chi connectivity index (χ3v) is 2.27. The lowest BCUT2D eigenvalue weighted by Crippen LogP contribution is -2.03. The van der Waals surface area contributed by atoms with Crippen molar-refractivity contribution < 1.29 is 4.39 Å². The van der Waals surface area contributed by atoms with Gasteiger partial charge in [0.25, 0.3) is 0 Å². The van der Waals surface area contributed by atoms with Crippen LogP contribution in [0.15, 0.2) is 18.2 Å². The highest BCUT2D eigenvalue weighted by Crippen LogP contribution is 2.10. The Hall–Kier alpha value is -0.0551. The number of benzene rings is 1. The second-order valence-corrected chi connectivity index (χ2v) is 3.15. The summed E-state index contributed by atoms with van der Waals surface area (Å²) < 4.78 is 13.0. The first-order valence-corrected chi connectivity index (χ1v) is 3.92. The van der Waals surface area contributed by atoms with Crippen molar-refractivity contribution >= 4 is 35.9 Å². The van der Waals surface area contributed by atoms with Crippen LogP contribution in [0.25, 0.3) is 0 Å². The first-order chi connectivity index (χ1) is 4.74. The van der Waals surface area contributed by atoms with Crippen LogP contribution in [-0.4, -0.2) is 7.85 Å². The van der Waals surface area contributed by atoms with Crippen LogP contribution in [0.4, 0.5) is 4.39 Å². The van der Waals surface area contributed by atoms with Gasteiger partial charge in [0.1, 0.15) is 14.5 Å². The van der Waals surface area contributed by atoms with Gasteiger partial charge in [0, 0.05) is 3.57 Å². The Morgan fingerprint density at radius 3 is 2.70 bits per heavy atom. The van der Waals surface area contributed by atoms with Crippen molar-refractivity contribution in [1.82, 2.24) is 0 Å². The molecule has 0 amide bonds. The van der Waals surface area contributed by atoms with E-state index in [1.54, 1.807) is 12.1 Å². The number of halogens is 2. The van der Waals surface area contributed by atoms with Crippen LogP contribution in [0.3, 0.4) is 0 Å². The van der Waals surface area contributed by atoms with E-state index in [1.165, 1.54) is 0 Å². The maximum Gasteiger partial charge on any atom is 0.116 e. The molecule has 0 atom stereocenters. The maximum absolute atomic E-state index is 12.1. The Morgan fingerprint density at radius 2 is 2.20 bits per heavy atom. The molecule has 3 heteroatoms. The van der Waals surface area contributed by atoms with Crippen LogP contribution < -0.4 is 5.46 Å². The SMILES string of the molecule is [B]c1ccc(I)c(CF)c1. The van der Waals surface area contributed by atoms with E-state index in [4.69, 9.17) is 7.85 Å². The molecule has 0 nitrogen and oxygen atoms in total. The van der Waals surface area contributed by atoms with Gasteiger partial charge in [0.15, 0.2) is 0 Å². The Labute approximate surface area is 74.4 Å². The first kappa shape index (κ1) is 8.05. The largest absolute Gasteiger partial charge is 0.246 e. The molecule has 0 spiro atoms. The van der Waals surface area contributed by atoms with E-state index in [9.17, 15) is 4.39 Å². The molecule has 0 saturated carbocycles. The van der Waals surface area contributed by atoms with Crippen molar-refractivity contribution in [2.75, 3.05) is 0 Å². The predicted octanol–water partition coefficient (Wildman–Crippen LogP) is 1.55. The van der Waals surface area contributed by atoms with E-state index < -0.39 is 6.67 Å². The monoisotopic (exact) mass is 246 g/mol. The molecule has 1 aromatic carbocycles. The Morgan fingerprint density at radius 1 is 1.50 bits per heavy atom. The summed E-state index contributed by atoms with van der Waals surface area (Å²) in [7, 11) is 5.43. The normalized spacial score (nSPS) is 9.80. The highest BCUT2D eigenvalue weighted by molar-refractivity contribution is 14.1. The van der Waals surface area contributed by atoms with Crippen molar-refractivity contribution in [3.05, 3.63) is 27.3 Å².